The Balaban J connectivity index is 1.34. The average Bonchev–Trinajstić information content (AvgIpc) is 3.57. The molecule has 4 nitrogen and oxygen atoms in total. The van der Waals surface area contributed by atoms with Crippen LogP contribution in [0.5, 0.6) is 0 Å². The molecular formula is C51H54N4. The Morgan fingerprint density at radius 3 is 1.11 bits per heavy atom. The van der Waals surface area contributed by atoms with E-state index < -0.39 is 0 Å². The Morgan fingerprint density at radius 1 is 0.364 bits per heavy atom. The van der Waals surface area contributed by atoms with E-state index in [2.05, 4.69) is 160 Å². The molecule has 0 bridgehead atoms. The van der Waals surface area contributed by atoms with Gasteiger partial charge < -0.3 is 4.57 Å². The van der Waals surface area contributed by atoms with Crippen LogP contribution in [-0.2, 0) is 21.7 Å². The van der Waals surface area contributed by atoms with Crippen LogP contribution in [0.2, 0.25) is 0 Å². The summed E-state index contributed by atoms with van der Waals surface area (Å²) in [6.45, 7) is 29.4. The van der Waals surface area contributed by atoms with Crippen molar-refractivity contribution in [2.75, 3.05) is 0 Å². The maximum atomic E-state index is 5.11. The molecule has 2 heterocycles. The Hall–Kier alpha value is -5.09. The minimum absolute atomic E-state index is 0.0000505. The predicted molar refractivity (Wildman–Crippen MR) is 230 cm³/mol. The zero-order valence-corrected chi connectivity index (χ0v) is 34.7. The molecule has 0 saturated heterocycles. The number of fused-ring (bicyclic) bond motifs is 5. The quantitative estimate of drug-likeness (QED) is 0.182. The fourth-order valence-corrected chi connectivity index (χ4v) is 10.1. The normalized spacial score (nSPS) is 19.4. The van der Waals surface area contributed by atoms with E-state index >= 15 is 0 Å². The number of hydrogen-bond acceptors (Lipinski definition) is 3. The van der Waals surface area contributed by atoms with Crippen LogP contribution in [-0.4, -0.2) is 19.5 Å². The zero-order valence-electron chi connectivity index (χ0n) is 34.7. The van der Waals surface area contributed by atoms with Crippen LogP contribution in [0.3, 0.4) is 0 Å². The standard InChI is InChI=1S/C51H54N4/c1-46(2)37-27-35-36-28-38-40(49(7,8)51(11,12)47(38,3)4)30-42(36)55(41(35)29-39(37)48(5,6)50(46,9)10)34-25-19-24-33(26-34)45-53-43(31-20-15-13-16-21-31)52-44(54-45)32-22-17-14-18-23-32/h13-30H,1-12H3. The topological polar surface area (TPSA) is 43.6 Å². The molecule has 5 aromatic carbocycles. The molecule has 2 aliphatic rings. The number of benzene rings is 5. The van der Waals surface area contributed by atoms with Gasteiger partial charge in [0.1, 0.15) is 0 Å². The lowest BCUT2D eigenvalue weighted by molar-refractivity contribution is 0.125. The van der Waals surface area contributed by atoms with Gasteiger partial charge in [0.05, 0.1) is 11.0 Å². The number of nitrogens with zero attached hydrogens (tertiary/aromatic N) is 4. The van der Waals surface area contributed by atoms with Gasteiger partial charge in [-0.15, -0.1) is 0 Å². The third-order valence-corrected chi connectivity index (χ3v) is 16.0. The molecule has 0 atom stereocenters. The first-order chi connectivity index (χ1) is 25.8. The van der Waals surface area contributed by atoms with Crippen molar-refractivity contribution in [1.29, 1.82) is 0 Å². The lowest BCUT2D eigenvalue weighted by Crippen LogP contribution is -2.42. The third-order valence-electron chi connectivity index (χ3n) is 16.0. The fraction of sp³-hybridized carbons (Fsp3) is 0.353. The lowest BCUT2D eigenvalue weighted by atomic mass is 9.59. The molecule has 0 aliphatic heterocycles. The summed E-state index contributed by atoms with van der Waals surface area (Å²) in [5.74, 6) is 1.99. The smallest absolute Gasteiger partial charge is 0.164 e. The van der Waals surface area contributed by atoms with Gasteiger partial charge in [-0.3, -0.25) is 0 Å². The second-order valence-electron chi connectivity index (χ2n) is 19.5. The summed E-state index contributed by atoms with van der Waals surface area (Å²) in [7, 11) is 0. The SMILES string of the molecule is CC1(C)c2cc3c4cc5c(cc4n(-c4cccc(-c6nc(-c7ccccc7)nc(-c7ccccc7)n6)c4)c3cc2C(C)(C)C1(C)C)C(C)(C)C(C)(C)C5(C)C. The van der Waals surface area contributed by atoms with Crippen LogP contribution in [0.15, 0.2) is 109 Å². The molecule has 0 N–H and O–H groups in total. The minimum atomic E-state index is -0.0223. The highest BCUT2D eigenvalue weighted by Gasteiger charge is 2.58. The van der Waals surface area contributed by atoms with Crippen molar-refractivity contribution in [1.82, 2.24) is 19.5 Å². The van der Waals surface area contributed by atoms with Gasteiger partial charge in [0.25, 0.3) is 0 Å². The van der Waals surface area contributed by atoms with E-state index in [-0.39, 0.29) is 32.5 Å². The summed E-state index contributed by atoms with van der Waals surface area (Å²) in [5.41, 5.74) is 12.4. The van der Waals surface area contributed by atoms with E-state index in [1.807, 2.05) is 36.4 Å². The molecule has 0 spiro atoms. The molecule has 0 radical (unpaired) electrons. The highest BCUT2D eigenvalue weighted by molar-refractivity contribution is 6.11. The highest BCUT2D eigenvalue weighted by Crippen LogP contribution is 2.64. The van der Waals surface area contributed by atoms with Crippen molar-refractivity contribution in [3.8, 4) is 39.9 Å². The van der Waals surface area contributed by atoms with Crippen LogP contribution in [0.4, 0.5) is 0 Å². The van der Waals surface area contributed by atoms with Gasteiger partial charge in [-0.05, 0) is 91.1 Å². The van der Waals surface area contributed by atoms with Crippen molar-refractivity contribution in [3.05, 3.63) is 131 Å². The second kappa shape index (κ2) is 11.2. The minimum Gasteiger partial charge on any atom is -0.309 e. The van der Waals surface area contributed by atoms with E-state index in [0.717, 1.165) is 22.4 Å². The predicted octanol–water partition coefficient (Wildman–Crippen LogP) is 13.2. The first-order valence-corrected chi connectivity index (χ1v) is 20.0. The fourth-order valence-electron chi connectivity index (χ4n) is 10.1. The summed E-state index contributed by atoms with van der Waals surface area (Å²) in [4.78, 5) is 15.2. The highest BCUT2D eigenvalue weighted by atomic mass is 15.0. The summed E-state index contributed by atoms with van der Waals surface area (Å²) < 4.78 is 2.52. The summed E-state index contributed by atoms with van der Waals surface area (Å²) in [6, 6.07) is 39.4. The molecule has 0 fully saturated rings. The Morgan fingerprint density at radius 2 is 0.709 bits per heavy atom. The van der Waals surface area contributed by atoms with E-state index in [9.17, 15) is 0 Å². The molecule has 2 aromatic heterocycles. The Labute approximate surface area is 327 Å². The molecule has 2 aliphatic carbocycles. The van der Waals surface area contributed by atoms with Crippen LogP contribution >= 0.6 is 0 Å². The first-order valence-electron chi connectivity index (χ1n) is 20.0. The van der Waals surface area contributed by atoms with Crippen molar-refractivity contribution in [3.63, 3.8) is 0 Å². The van der Waals surface area contributed by atoms with Crippen molar-refractivity contribution >= 4 is 21.8 Å². The first kappa shape index (κ1) is 35.6. The molecule has 0 amide bonds. The van der Waals surface area contributed by atoms with Crippen molar-refractivity contribution in [2.24, 2.45) is 10.8 Å². The van der Waals surface area contributed by atoms with E-state index in [4.69, 9.17) is 15.0 Å². The third kappa shape index (κ3) is 4.60. The van der Waals surface area contributed by atoms with Crippen LogP contribution in [0.25, 0.3) is 61.7 Å². The summed E-state index contributed by atoms with van der Waals surface area (Å²) in [5, 5.41) is 2.64. The number of rotatable bonds is 4. The zero-order chi connectivity index (χ0) is 39.1. The molecule has 0 saturated carbocycles. The van der Waals surface area contributed by atoms with Crippen LogP contribution < -0.4 is 0 Å². The Bertz CT molecular complexity index is 2530. The number of hydrogen-bond donors (Lipinski definition) is 0. The van der Waals surface area contributed by atoms with Gasteiger partial charge in [-0.2, -0.15) is 0 Å². The maximum Gasteiger partial charge on any atom is 0.164 e. The van der Waals surface area contributed by atoms with Gasteiger partial charge in [-0.25, -0.2) is 15.0 Å². The monoisotopic (exact) mass is 722 g/mol. The van der Waals surface area contributed by atoms with Gasteiger partial charge in [0.2, 0.25) is 0 Å². The molecule has 0 unspecified atom stereocenters. The summed E-state index contributed by atoms with van der Waals surface area (Å²) >= 11 is 0. The van der Waals surface area contributed by atoms with Crippen LogP contribution in [0, 0.1) is 10.8 Å². The lowest BCUT2D eigenvalue weighted by Gasteiger charge is -2.44. The second-order valence-corrected chi connectivity index (χ2v) is 19.5. The maximum absolute atomic E-state index is 5.11. The molecule has 278 valence electrons. The van der Waals surface area contributed by atoms with Gasteiger partial charge in [-0.1, -0.05) is 156 Å². The van der Waals surface area contributed by atoms with Crippen LogP contribution in [0.1, 0.15) is 105 Å². The van der Waals surface area contributed by atoms with Gasteiger partial charge in [0, 0.05) is 33.2 Å². The van der Waals surface area contributed by atoms with Crippen molar-refractivity contribution in [2.45, 2.75) is 105 Å². The largest absolute Gasteiger partial charge is 0.309 e. The van der Waals surface area contributed by atoms with E-state index in [1.54, 1.807) is 0 Å². The van der Waals surface area contributed by atoms with E-state index in [1.165, 1.54) is 44.1 Å². The molecule has 4 heteroatoms. The molecule has 55 heavy (non-hydrogen) atoms. The Kier molecular flexibility index (Phi) is 7.28. The van der Waals surface area contributed by atoms with Gasteiger partial charge >= 0.3 is 0 Å². The van der Waals surface area contributed by atoms with E-state index in [0.29, 0.717) is 17.5 Å². The number of aromatic nitrogens is 4. The molecule has 9 rings (SSSR count). The summed E-state index contributed by atoms with van der Waals surface area (Å²) in [6.07, 6.45) is 0. The molecular weight excluding hydrogens is 669 g/mol. The molecule has 7 aromatic rings. The average molecular weight is 723 g/mol. The van der Waals surface area contributed by atoms with Crippen molar-refractivity contribution < 1.29 is 0 Å². The van der Waals surface area contributed by atoms with Gasteiger partial charge in [0.15, 0.2) is 17.5 Å².